The minimum atomic E-state index is -0.127. The fraction of sp³-hybridized carbons (Fsp3) is 0.304. The first kappa shape index (κ1) is 23.0. The highest BCUT2D eigenvalue weighted by Gasteiger charge is 2.20. The molecule has 0 unspecified atom stereocenters. The van der Waals surface area contributed by atoms with Crippen LogP contribution in [0.3, 0.4) is 0 Å². The van der Waals surface area contributed by atoms with Crippen LogP contribution in [0, 0.1) is 0 Å². The summed E-state index contributed by atoms with van der Waals surface area (Å²) < 4.78 is 0. The van der Waals surface area contributed by atoms with Gasteiger partial charge in [0.2, 0.25) is 0 Å². The average Bonchev–Trinajstić information content (AvgIpc) is 3.44. The molecule has 0 atom stereocenters. The second kappa shape index (κ2) is 10.6. The van der Waals surface area contributed by atoms with E-state index in [1.165, 1.54) is 22.7 Å². The van der Waals surface area contributed by atoms with Crippen LogP contribution in [0.2, 0.25) is 0 Å². The van der Waals surface area contributed by atoms with Crippen LogP contribution in [0.15, 0.2) is 53.2 Å². The highest BCUT2D eigenvalue weighted by molar-refractivity contribution is 7.12. The van der Waals surface area contributed by atoms with E-state index < -0.39 is 0 Å². The minimum Gasteiger partial charge on any atom is -0.377 e. The molecule has 0 spiro atoms. The Bertz CT molecular complexity index is 999. The number of benzene rings is 1. The topological polar surface area (TPSA) is 55.9 Å². The van der Waals surface area contributed by atoms with Crippen LogP contribution in [0.4, 0.5) is 11.4 Å². The Morgan fingerprint density at radius 1 is 0.903 bits per heavy atom. The van der Waals surface area contributed by atoms with E-state index in [2.05, 4.69) is 10.2 Å². The molecule has 8 heteroatoms. The standard InChI is InChI=1S/C23H28N4O2S2/c1-25(2)11-12-27(23(29)21-8-6-14-31-21)16-17-15-18(9-10-19(17)26(3)4)24-22(28)20-7-5-13-30-20/h5-10,13-15H,11-12,16H2,1-4H3,(H,24,28). The van der Waals surface area contributed by atoms with Crippen molar-refractivity contribution >= 4 is 45.9 Å². The van der Waals surface area contributed by atoms with E-state index in [0.29, 0.717) is 18.0 Å². The largest absolute Gasteiger partial charge is 0.377 e. The number of thiophene rings is 2. The van der Waals surface area contributed by atoms with E-state index in [4.69, 9.17) is 0 Å². The van der Waals surface area contributed by atoms with Crippen LogP contribution in [0.5, 0.6) is 0 Å². The molecule has 31 heavy (non-hydrogen) atoms. The quantitative estimate of drug-likeness (QED) is 0.521. The van der Waals surface area contributed by atoms with E-state index in [0.717, 1.165) is 28.4 Å². The first-order chi connectivity index (χ1) is 14.8. The van der Waals surface area contributed by atoms with Crippen molar-refractivity contribution in [3.05, 3.63) is 68.5 Å². The summed E-state index contributed by atoms with van der Waals surface area (Å²) in [6.07, 6.45) is 0. The van der Waals surface area contributed by atoms with Gasteiger partial charge in [-0.1, -0.05) is 12.1 Å². The van der Waals surface area contributed by atoms with Crippen LogP contribution >= 0.6 is 22.7 Å². The van der Waals surface area contributed by atoms with Crippen molar-refractivity contribution in [2.45, 2.75) is 6.54 Å². The van der Waals surface area contributed by atoms with Crippen LogP contribution in [0.25, 0.3) is 0 Å². The van der Waals surface area contributed by atoms with E-state index in [1.807, 2.05) is 85.1 Å². The number of carbonyl (C=O) groups excluding carboxylic acids is 2. The van der Waals surface area contributed by atoms with Gasteiger partial charge in [-0.05, 0) is 60.8 Å². The molecule has 0 aliphatic carbocycles. The van der Waals surface area contributed by atoms with Crippen LogP contribution in [-0.4, -0.2) is 62.9 Å². The third kappa shape index (κ3) is 6.16. The summed E-state index contributed by atoms with van der Waals surface area (Å²) in [5, 5.41) is 6.78. The molecule has 1 aromatic carbocycles. The Kier molecular flexibility index (Phi) is 7.84. The molecule has 2 amide bonds. The van der Waals surface area contributed by atoms with Crippen molar-refractivity contribution in [3.63, 3.8) is 0 Å². The Morgan fingerprint density at radius 3 is 2.16 bits per heavy atom. The number of carbonyl (C=O) groups is 2. The van der Waals surface area contributed by atoms with Crippen molar-refractivity contribution in [2.24, 2.45) is 0 Å². The third-order valence-electron chi connectivity index (χ3n) is 4.76. The summed E-state index contributed by atoms with van der Waals surface area (Å²) in [6.45, 7) is 1.84. The Hall–Kier alpha value is -2.68. The van der Waals surface area contributed by atoms with Crippen LogP contribution in [0.1, 0.15) is 24.9 Å². The maximum absolute atomic E-state index is 13.2. The first-order valence-corrected chi connectivity index (χ1v) is 11.7. The number of hydrogen-bond acceptors (Lipinski definition) is 6. The monoisotopic (exact) mass is 456 g/mol. The summed E-state index contributed by atoms with van der Waals surface area (Å²) in [4.78, 5) is 33.0. The zero-order valence-corrected chi connectivity index (χ0v) is 19.9. The SMILES string of the molecule is CN(C)CCN(Cc1cc(NC(=O)c2cccs2)ccc1N(C)C)C(=O)c1cccs1. The Labute approximate surface area is 191 Å². The normalized spacial score (nSPS) is 10.9. The van der Waals surface area contributed by atoms with Gasteiger partial charge in [0, 0.05) is 45.1 Å². The zero-order chi connectivity index (χ0) is 22.4. The van der Waals surface area contributed by atoms with Crippen LogP contribution in [-0.2, 0) is 6.54 Å². The maximum Gasteiger partial charge on any atom is 0.265 e. The molecule has 3 rings (SSSR count). The van der Waals surface area contributed by atoms with Gasteiger partial charge >= 0.3 is 0 Å². The molecule has 0 saturated carbocycles. The lowest BCUT2D eigenvalue weighted by molar-refractivity contribution is 0.0737. The molecule has 0 radical (unpaired) electrons. The molecular formula is C23H28N4O2S2. The van der Waals surface area contributed by atoms with Crippen molar-refractivity contribution in [2.75, 3.05) is 51.5 Å². The molecule has 0 bridgehead atoms. The van der Waals surface area contributed by atoms with Crippen LogP contribution < -0.4 is 10.2 Å². The number of rotatable bonds is 9. The van der Waals surface area contributed by atoms with Gasteiger partial charge < -0.3 is 20.0 Å². The first-order valence-electron chi connectivity index (χ1n) is 9.97. The van der Waals surface area contributed by atoms with E-state index >= 15 is 0 Å². The molecule has 1 N–H and O–H groups in total. The summed E-state index contributed by atoms with van der Waals surface area (Å²) in [6, 6.07) is 13.3. The Balaban J connectivity index is 1.87. The number of hydrogen-bond donors (Lipinski definition) is 1. The molecular weight excluding hydrogens is 428 g/mol. The molecule has 2 aromatic heterocycles. The van der Waals surface area contributed by atoms with Crippen molar-refractivity contribution in [3.8, 4) is 0 Å². The van der Waals surface area contributed by atoms with Gasteiger partial charge in [0.1, 0.15) is 0 Å². The highest BCUT2D eigenvalue weighted by atomic mass is 32.1. The second-order valence-electron chi connectivity index (χ2n) is 7.68. The summed E-state index contributed by atoms with van der Waals surface area (Å²) in [5.74, 6) is -0.104. The van der Waals surface area contributed by atoms with E-state index in [9.17, 15) is 9.59 Å². The number of amides is 2. The lowest BCUT2D eigenvalue weighted by Gasteiger charge is -2.27. The highest BCUT2D eigenvalue weighted by Crippen LogP contribution is 2.26. The average molecular weight is 457 g/mol. The number of anilines is 2. The summed E-state index contributed by atoms with van der Waals surface area (Å²) >= 11 is 2.86. The van der Waals surface area contributed by atoms with Gasteiger partial charge in [-0.25, -0.2) is 0 Å². The molecule has 6 nitrogen and oxygen atoms in total. The molecule has 0 saturated heterocycles. The van der Waals surface area contributed by atoms with Gasteiger partial charge in [0.05, 0.1) is 9.75 Å². The lowest BCUT2D eigenvalue weighted by Crippen LogP contribution is -2.36. The van der Waals surface area contributed by atoms with Crippen molar-refractivity contribution in [1.29, 1.82) is 0 Å². The molecule has 0 fully saturated rings. The van der Waals surface area contributed by atoms with Gasteiger partial charge in [-0.15, -0.1) is 22.7 Å². The number of nitrogens with one attached hydrogen (secondary N) is 1. The Morgan fingerprint density at radius 2 is 1.58 bits per heavy atom. The maximum atomic E-state index is 13.2. The molecule has 0 aliphatic rings. The summed E-state index contributed by atoms with van der Waals surface area (Å²) in [7, 11) is 7.96. The molecule has 164 valence electrons. The minimum absolute atomic E-state index is 0.0228. The lowest BCUT2D eigenvalue weighted by atomic mass is 10.1. The third-order valence-corrected chi connectivity index (χ3v) is 6.49. The zero-order valence-electron chi connectivity index (χ0n) is 18.3. The molecule has 3 aromatic rings. The number of nitrogens with zero attached hydrogens (tertiary/aromatic N) is 3. The van der Waals surface area contributed by atoms with Crippen molar-refractivity contribution in [1.82, 2.24) is 9.80 Å². The van der Waals surface area contributed by atoms with Gasteiger partial charge in [-0.3, -0.25) is 9.59 Å². The fourth-order valence-electron chi connectivity index (χ4n) is 3.16. The van der Waals surface area contributed by atoms with E-state index in [1.54, 1.807) is 6.07 Å². The van der Waals surface area contributed by atoms with Crippen molar-refractivity contribution < 1.29 is 9.59 Å². The van der Waals surface area contributed by atoms with Gasteiger partial charge in [0.25, 0.3) is 11.8 Å². The summed E-state index contributed by atoms with van der Waals surface area (Å²) in [5.41, 5.74) is 2.72. The predicted octanol–water partition coefficient (Wildman–Crippen LogP) is 4.33. The van der Waals surface area contributed by atoms with Gasteiger partial charge in [0.15, 0.2) is 0 Å². The fourth-order valence-corrected chi connectivity index (χ4v) is 4.47. The molecule has 0 aliphatic heterocycles. The van der Waals surface area contributed by atoms with E-state index in [-0.39, 0.29) is 11.8 Å². The molecule has 2 heterocycles. The number of likely N-dealkylation sites (N-methyl/N-ethyl adjacent to an activating group) is 1. The second-order valence-corrected chi connectivity index (χ2v) is 9.57. The predicted molar refractivity (Wildman–Crippen MR) is 131 cm³/mol. The smallest absolute Gasteiger partial charge is 0.265 e. The van der Waals surface area contributed by atoms with Gasteiger partial charge in [-0.2, -0.15) is 0 Å².